The van der Waals surface area contributed by atoms with Gasteiger partial charge < -0.3 is 16.0 Å². The van der Waals surface area contributed by atoms with Crippen LogP contribution in [0.5, 0.6) is 0 Å². The van der Waals surface area contributed by atoms with Gasteiger partial charge in [0, 0.05) is 29.1 Å². The molecule has 4 rings (SSSR count). The molecule has 0 radical (unpaired) electrons. The van der Waals surface area contributed by atoms with Gasteiger partial charge in [-0.05, 0) is 88.8 Å². The lowest BCUT2D eigenvalue weighted by Crippen LogP contribution is -2.41. The van der Waals surface area contributed by atoms with Crippen molar-refractivity contribution in [3.63, 3.8) is 0 Å². The van der Waals surface area contributed by atoms with Crippen molar-refractivity contribution in [2.45, 2.75) is 63.8 Å². The maximum atomic E-state index is 12.9. The summed E-state index contributed by atoms with van der Waals surface area (Å²) in [5, 5.41) is 12.4. The predicted molar refractivity (Wildman–Crippen MR) is 138 cm³/mol. The average molecular weight is 465 g/mol. The van der Waals surface area contributed by atoms with Crippen LogP contribution in [0.25, 0.3) is 10.8 Å². The summed E-state index contributed by atoms with van der Waals surface area (Å²) in [5.41, 5.74) is 1.27. The molecule has 0 spiro atoms. The van der Waals surface area contributed by atoms with E-state index < -0.39 is 0 Å². The van der Waals surface area contributed by atoms with Crippen molar-refractivity contribution in [2.24, 2.45) is 0 Å². The molecule has 0 saturated heterocycles. The number of amides is 2. The molecule has 1 fully saturated rings. The van der Waals surface area contributed by atoms with Gasteiger partial charge in [0.1, 0.15) is 0 Å². The molecule has 2 amide bonds. The van der Waals surface area contributed by atoms with Crippen LogP contribution < -0.4 is 16.0 Å². The first kappa shape index (κ1) is 24.8. The minimum Gasteiger partial charge on any atom is -0.317 e. The van der Waals surface area contributed by atoms with Crippen molar-refractivity contribution in [3.05, 3.63) is 47.5 Å². The number of hydrogen-bond acceptors (Lipinski definition) is 5. The van der Waals surface area contributed by atoms with Crippen molar-refractivity contribution in [2.75, 3.05) is 39.3 Å². The average Bonchev–Trinajstić information content (AvgIpc) is 2.87. The van der Waals surface area contributed by atoms with E-state index in [9.17, 15) is 9.59 Å². The smallest absolute Gasteiger partial charge is 0.261 e. The first-order chi connectivity index (χ1) is 16.8. The van der Waals surface area contributed by atoms with E-state index in [1.165, 1.54) is 43.4 Å². The van der Waals surface area contributed by atoms with Crippen LogP contribution >= 0.6 is 0 Å². The minimum absolute atomic E-state index is 0.172. The highest BCUT2D eigenvalue weighted by molar-refractivity contribution is 6.25. The molecule has 0 aromatic heterocycles. The Labute approximate surface area is 203 Å². The number of hydrogen-bond donors (Lipinski definition) is 3. The second kappa shape index (κ2) is 13.0. The van der Waals surface area contributed by atoms with E-state index in [0.29, 0.717) is 17.7 Å². The fraction of sp³-hybridized carbons (Fsp3) is 0.571. The number of benzene rings is 2. The highest BCUT2D eigenvalue weighted by atomic mass is 16.2. The van der Waals surface area contributed by atoms with E-state index in [2.05, 4.69) is 16.0 Å². The Morgan fingerprint density at radius 3 is 1.94 bits per heavy atom. The fourth-order valence-electron chi connectivity index (χ4n) is 5.22. The number of rotatable bonds is 14. The van der Waals surface area contributed by atoms with Crippen molar-refractivity contribution in [1.29, 1.82) is 0 Å². The van der Waals surface area contributed by atoms with Crippen LogP contribution in [-0.2, 0) is 0 Å². The van der Waals surface area contributed by atoms with Crippen molar-refractivity contribution < 1.29 is 9.59 Å². The molecule has 0 bridgehead atoms. The van der Waals surface area contributed by atoms with Crippen LogP contribution in [-0.4, -0.2) is 62.0 Å². The molecular weight excluding hydrogens is 424 g/mol. The van der Waals surface area contributed by atoms with E-state index >= 15 is 0 Å². The van der Waals surface area contributed by atoms with Crippen molar-refractivity contribution in [1.82, 2.24) is 20.9 Å². The van der Waals surface area contributed by atoms with Gasteiger partial charge in [0.2, 0.25) is 0 Å². The van der Waals surface area contributed by atoms with Gasteiger partial charge in [-0.2, -0.15) is 0 Å². The zero-order valence-electron chi connectivity index (χ0n) is 20.4. The van der Waals surface area contributed by atoms with E-state index in [1.807, 2.05) is 36.4 Å². The highest BCUT2D eigenvalue weighted by Crippen LogP contribution is 2.29. The Bertz CT molecular complexity index is 904. The predicted octanol–water partition coefficient (Wildman–Crippen LogP) is 4.10. The van der Waals surface area contributed by atoms with Gasteiger partial charge in [-0.25, -0.2) is 0 Å². The Kier molecular flexibility index (Phi) is 9.48. The van der Waals surface area contributed by atoms with E-state index in [1.54, 1.807) is 0 Å². The second-order valence-electron chi connectivity index (χ2n) is 9.67. The molecule has 1 aliphatic heterocycles. The van der Waals surface area contributed by atoms with Gasteiger partial charge in [-0.15, -0.1) is 0 Å². The summed E-state index contributed by atoms with van der Waals surface area (Å²) in [6.45, 7) is 5.50. The number of carbonyl (C=O) groups is 2. The summed E-state index contributed by atoms with van der Waals surface area (Å²) in [5.74, 6) is -0.344. The van der Waals surface area contributed by atoms with Crippen LogP contribution in [0.1, 0.15) is 78.5 Å². The maximum absolute atomic E-state index is 12.9. The first-order valence-electron chi connectivity index (χ1n) is 13.3. The number of unbranched alkanes of at least 4 members (excludes halogenated alkanes) is 1. The van der Waals surface area contributed by atoms with E-state index in [4.69, 9.17) is 0 Å². The molecule has 2 aromatic carbocycles. The van der Waals surface area contributed by atoms with E-state index in [-0.39, 0.29) is 11.8 Å². The summed E-state index contributed by atoms with van der Waals surface area (Å²) in [6, 6.07) is 12.1. The zero-order chi connectivity index (χ0) is 23.6. The molecule has 1 heterocycles. The van der Waals surface area contributed by atoms with Crippen molar-refractivity contribution >= 4 is 22.6 Å². The Morgan fingerprint density at radius 2 is 1.29 bits per heavy atom. The molecule has 6 heteroatoms. The lowest BCUT2D eigenvalue weighted by atomic mass is 9.94. The third-order valence-corrected chi connectivity index (χ3v) is 7.12. The minimum atomic E-state index is -0.172. The SMILES string of the molecule is O=C1c2cccc3cccc(c23)C(=O)N1CCCNCCCCNCCCNC1CCCCC1. The van der Waals surface area contributed by atoms with Gasteiger partial charge in [0.05, 0.1) is 0 Å². The van der Waals surface area contributed by atoms with Gasteiger partial charge >= 0.3 is 0 Å². The van der Waals surface area contributed by atoms with Gasteiger partial charge in [0.15, 0.2) is 0 Å². The largest absolute Gasteiger partial charge is 0.317 e. The lowest BCUT2D eigenvalue weighted by Gasteiger charge is -2.27. The molecule has 184 valence electrons. The van der Waals surface area contributed by atoms with Crippen LogP contribution in [0.2, 0.25) is 0 Å². The maximum Gasteiger partial charge on any atom is 0.261 e. The highest BCUT2D eigenvalue weighted by Gasteiger charge is 2.31. The standard InChI is InChI=1S/C28H40N4O2/c33-27-24-14-6-10-22-11-7-15-25(26(22)24)28(34)32(27)21-9-19-30-17-5-4-16-29-18-8-20-31-23-12-2-1-3-13-23/h6-7,10-11,14-15,23,29-31H,1-5,8-9,12-13,16-21H2. The monoisotopic (exact) mass is 464 g/mol. The number of nitrogens with one attached hydrogen (secondary N) is 3. The summed E-state index contributed by atoms with van der Waals surface area (Å²) in [7, 11) is 0. The van der Waals surface area contributed by atoms with Gasteiger partial charge in [-0.1, -0.05) is 43.5 Å². The summed E-state index contributed by atoms with van der Waals surface area (Å²) in [6.07, 6.45) is 11.2. The zero-order valence-corrected chi connectivity index (χ0v) is 20.4. The molecule has 6 nitrogen and oxygen atoms in total. The van der Waals surface area contributed by atoms with Crippen LogP contribution in [0.4, 0.5) is 0 Å². The van der Waals surface area contributed by atoms with Crippen LogP contribution in [0.3, 0.4) is 0 Å². The Hall–Kier alpha value is -2.28. The molecule has 2 aromatic rings. The van der Waals surface area contributed by atoms with Crippen molar-refractivity contribution in [3.8, 4) is 0 Å². The summed E-state index contributed by atoms with van der Waals surface area (Å²) in [4.78, 5) is 27.2. The van der Waals surface area contributed by atoms with E-state index in [0.717, 1.165) is 68.8 Å². The molecule has 0 atom stereocenters. The Morgan fingerprint density at radius 1 is 0.706 bits per heavy atom. The van der Waals surface area contributed by atoms with Crippen LogP contribution in [0, 0.1) is 0 Å². The molecule has 0 unspecified atom stereocenters. The van der Waals surface area contributed by atoms with Gasteiger partial charge in [-0.3, -0.25) is 14.5 Å². The molecule has 3 N–H and O–H groups in total. The normalized spacial score (nSPS) is 16.5. The Balaban J connectivity index is 1.03. The first-order valence-corrected chi connectivity index (χ1v) is 13.3. The lowest BCUT2D eigenvalue weighted by molar-refractivity contribution is 0.0609. The third-order valence-electron chi connectivity index (χ3n) is 7.12. The molecular formula is C28H40N4O2. The topological polar surface area (TPSA) is 73.5 Å². The number of imide groups is 1. The molecule has 1 aliphatic carbocycles. The fourth-order valence-corrected chi connectivity index (χ4v) is 5.22. The second-order valence-corrected chi connectivity index (χ2v) is 9.67. The summed E-state index contributed by atoms with van der Waals surface area (Å²) >= 11 is 0. The quantitative estimate of drug-likeness (QED) is 0.290. The molecule has 2 aliphatic rings. The number of nitrogens with zero attached hydrogens (tertiary/aromatic N) is 1. The van der Waals surface area contributed by atoms with Crippen LogP contribution in [0.15, 0.2) is 36.4 Å². The molecule has 34 heavy (non-hydrogen) atoms. The summed E-state index contributed by atoms with van der Waals surface area (Å²) < 4.78 is 0. The van der Waals surface area contributed by atoms with Gasteiger partial charge in [0.25, 0.3) is 11.8 Å². The third kappa shape index (κ3) is 6.44. The molecule has 1 saturated carbocycles. The number of carbonyl (C=O) groups excluding carboxylic acids is 2.